The molecule has 7 heteroatoms. The van der Waals surface area contributed by atoms with Crippen molar-refractivity contribution < 1.29 is 19.2 Å². The van der Waals surface area contributed by atoms with Crippen molar-refractivity contribution in [2.75, 3.05) is 7.11 Å². The van der Waals surface area contributed by atoms with Crippen LogP contribution in [0.25, 0.3) is 0 Å². The molecule has 1 aliphatic heterocycles. The number of hydrogen-bond acceptors (Lipinski definition) is 6. The van der Waals surface area contributed by atoms with Gasteiger partial charge in [-0.1, -0.05) is 42.5 Å². The highest BCUT2D eigenvalue weighted by Crippen LogP contribution is 2.47. The van der Waals surface area contributed by atoms with Crippen molar-refractivity contribution in [2.45, 2.75) is 31.6 Å². The normalized spacial score (nSPS) is 23.1. The summed E-state index contributed by atoms with van der Waals surface area (Å²) in [5.41, 5.74) is 3.18. The number of ketones is 1. The zero-order valence-corrected chi connectivity index (χ0v) is 17.3. The van der Waals surface area contributed by atoms with E-state index in [-0.39, 0.29) is 17.4 Å². The van der Waals surface area contributed by atoms with E-state index in [9.17, 15) is 19.7 Å². The molecule has 1 unspecified atom stereocenters. The summed E-state index contributed by atoms with van der Waals surface area (Å²) in [6, 6.07) is 15.9. The van der Waals surface area contributed by atoms with Crippen molar-refractivity contribution in [3.8, 4) is 0 Å². The standard InChI is InChI=1S/C24H22N2O5/c1-14-21(24(28)31-2)22(16-9-6-10-18(11-16)26(29)30)23-19(25-14)12-17(13-20(23)27)15-7-4-3-5-8-15/h3-11,17,21-22H,12-13H2,1-2H3/t17-,21?,22-/m1/s1. The third kappa shape index (κ3) is 3.79. The first-order chi connectivity index (χ1) is 14.9. The number of aliphatic imine (C=N–C) groups is 1. The van der Waals surface area contributed by atoms with Crippen LogP contribution in [-0.4, -0.2) is 29.5 Å². The van der Waals surface area contributed by atoms with Crippen LogP contribution in [0.1, 0.15) is 42.7 Å². The van der Waals surface area contributed by atoms with E-state index in [0.717, 1.165) is 5.56 Å². The lowest BCUT2D eigenvalue weighted by atomic mass is 9.69. The zero-order chi connectivity index (χ0) is 22.1. The second-order valence-corrected chi connectivity index (χ2v) is 7.88. The van der Waals surface area contributed by atoms with E-state index in [1.54, 1.807) is 19.1 Å². The van der Waals surface area contributed by atoms with Crippen LogP contribution in [0.5, 0.6) is 0 Å². The Bertz CT molecular complexity index is 1120. The first-order valence-electron chi connectivity index (χ1n) is 10.1. The van der Waals surface area contributed by atoms with Gasteiger partial charge in [0.2, 0.25) is 0 Å². The minimum Gasteiger partial charge on any atom is -0.468 e. The minimum absolute atomic E-state index is 0.00411. The van der Waals surface area contributed by atoms with Crippen LogP contribution >= 0.6 is 0 Å². The molecule has 0 fully saturated rings. The maximum atomic E-state index is 13.4. The monoisotopic (exact) mass is 418 g/mol. The van der Waals surface area contributed by atoms with E-state index in [1.807, 2.05) is 30.3 Å². The molecule has 0 saturated carbocycles. The van der Waals surface area contributed by atoms with Gasteiger partial charge >= 0.3 is 5.97 Å². The maximum absolute atomic E-state index is 13.4. The number of rotatable bonds is 4. The molecule has 31 heavy (non-hydrogen) atoms. The topological polar surface area (TPSA) is 98.9 Å². The SMILES string of the molecule is COC(=O)C1C(C)=NC2=C(C(=O)C[C@H](c3ccccc3)C2)[C@@H]1c1cccc([N+](=O)[O-])c1. The smallest absolute Gasteiger partial charge is 0.315 e. The number of nitro groups is 1. The molecule has 0 saturated heterocycles. The van der Waals surface area contributed by atoms with Gasteiger partial charge in [0.25, 0.3) is 5.69 Å². The predicted molar refractivity (Wildman–Crippen MR) is 115 cm³/mol. The van der Waals surface area contributed by atoms with Gasteiger partial charge in [0.05, 0.1) is 12.0 Å². The average Bonchev–Trinajstić information content (AvgIpc) is 2.78. The molecule has 0 bridgehead atoms. The second kappa shape index (κ2) is 8.26. The number of hydrogen-bond donors (Lipinski definition) is 0. The number of ether oxygens (including phenoxy) is 1. The van der Waals surface area contributed by atoms with Gasteiger partial charge in [-0.2, -0.15) is 0 Å². The number of nitro benzene ring substituents is 1. The molecule has 0 aromatic heterocycles. The van der Waals surface area contributed by atoms with Gasteiger partial charge in [-0.25, -0.2) is 0 Å². The van der Waals surface area contributed by atoms with Crippen molar-refractivity contribution in [2.24, 2.45) is 10.9 Å². The van der Waals surface area contributed by atoms with E-state index in [0.29, 0.717) is 35.4 Å². The number of esters is 1. The van der Waals surface area contributed by atoms with Crippen LogP contribution < -0.4 is 0 Å². The largest absolute Gasteiger partial charge is 0.468 e. The first-order valence-corrected chi connectivity index (χ1v) is 10.1. The second-order valence-electron chi connectivity index (χ2n) is 7.88. The molecule has 0 spiro atoms. The summed E-state index contributed by atoms with van der Waals surface area (Å²) >= 11 is 0. The number of benzene rings is 2. The summed E-state index contributed by atoms with van der Waals surface area (Å²) in [6.07, 6.45) is 0.873. The van der Waals surface area contributed by atoms with Crippen LogP contribution in [0.15, 0.2) is 70.9 Å². The Hall–Kier alpha value is -3.61. The van der Waals surface area contributed by atoms with Gasteiger partial charge < -0.3 is 4.74 Å². The Morgan fingerprint density at radius 1 is 1.10 bits per heavy atom. The highest BCUT2D eigenvalue weighted by molar-refractivity contribution is 6.09. The quantitative estimate of drug-likeness (QED) is 0.418. The Kier molecular flexibility index (Phi) is 5.50. The summed E-state index contributed by atoms with van der Waals surface area (Å²) in [7, 11) is 1.29. The van der Waals surface area contributed by atoms with E-state index in [1.165, 1.54) is 19.2 Å². The molecule has 0 radical (unpaired) electrons. The van der Waals surface area contributed by atoms with Crippen molar-refractivity contribution in [1.82, 2.24) is 0 Å². The van der Waals surface area contributed by atoms with Gasteiger partial charge in [0, 0.05) is 41.5 Å². The summed E-state index contributed by atoms with van der Waals surface area (Å²) < 4.78 is 5.01. The third-order valence-electron chi connectivity index (χ3n) is 6.05. The van der Waals surface area contributed by atoms with E-state index in [2.05, 4.69) is 4.99 Å². The summed E-state index contributed by atoms with van der Waals surface area (Å²) in [5, 5.41) is 11.3. The van der Waals surface area contributed by atoms with Crippen molar-refractivity contribution in [1.29, 1.82) is 0 Å². The number of carbonyl (C=O) groups excluding carboxylic acids is 2. The summed E-state index contributed by atoms with van der Waals surface area (Å²) in [6.45, 7) is 1.74. The minimum atomic E-state index is -0.803. The van der Waals surface area contributed by atoms with Crippen molar-refractivity contribution >= 4 is 23.2 Å². The zero-order valence-electron chi connectivity index (χ0n) is 17.3. The Morgan fingerprint density at radius 2 is 1.81 bits per heavy atom. The highest BCUT2D eigenvalue weighted by Gasteiger charge is 2.44. The van der Waals surface area contributed by atoms with Crippen LogP contribution in [0.4, 0.5) is 5.69 Å². The third-order valence-corrected chi connectivity index (χ3v) is 6.05. The predicted octanol–water partition coefficient (Wildman–Crippen LogP) is 4.34. The fourth-order valence-corrected chi connectivity index (χ4v) is 4.64. The number of allylic oxidation sites excluding steroid dienone is 2. The first kappa shape index (κ1) is 20.7. The van der Waals surface area contributed by atoms with Gasteiger partial charge in [0.15, 0.2) is 5.78 Å². The molecular formula is C24H22N2O5. The molecule has 2 aliphatic rings. The number of nitrogens with zero attached hydrogens (tertiary/aromatic N) is 2. The Morgan fingerprint density at radius 3 is 2.48 bits per heavy atom. The molecule has 1 heterocycles. The molecule has 0 amide bonds. The van der Waals surface area contributed by atoms with Crippen molar-refractivity contribution in [3.63, 3.8) is 0 Å². The van der Waals surface area contributed by atoms with E-state index >= 15 is 0 Å². The highest BCUT2D eigenvalue weighted by atomic mass is 16.6. The van der Waals surface area contributed by atoms with E-state index in [4.69, 9.17) is 4.74 Å². The molecule has 7 nitrogen and oxygen atoms in total. The number of carbonyl (C=O) groups is 2. The number of Topliss-reactive ketones (excluding diaryl/α,β-unsaturated/α-hetero) is 1. The molecule has 2 aromatic rings. The Labute approximate surface area is 179 Å². The molecule has 3 atom stereocenters. The van der Waals surface area contributed by atoms with Crippen LogP contribution in [0, 0.1) is 16.0 Å². The molecular weight excluding hydrogens is 396 g/mol. The fraction of sp³-hybridized carbons (Fsp3) is 0.292. The van der Waals surface area contributed by atoms with E-state index < -0.39 is 22.7 Å². The van der Waals surface area contributed by atoms with Crippen LogP contribution in [0.3, 0.4) is 0 Å². The lowest BCUT2D eigenvalue weighted by molar-refractivity contribution is -0.384. The molecule has 4 rings (SSSR count). The molecule has 2 aromatic carbocycles. The van der Waals surface area contributed by atoms with Crippen LogP contribution in [0.2, 0.25) is 0 Å². The number of methoxy groups -OCH3 is 1. The molecule has 158 valence electrons. The van der Waals surface area contributed by atoms with Crippen LogP contribution in [-0.2, 0) is 14.3 Å². The van der Waals surface area contributed by atoms with Gasteiger partial charge in [-0.05, 0) is 30.4 Å². The average molecular weight is 418 g/mol. The summed E-state index contributed by atoms with van der Waals surface area (Å²) in [5.74, 6) is -2.06. The lowest BCUT2D eigenvalue weighted by Crippen LogP contribution is -2.37. The summed E-state index contributed by atoms with van der Waals surface area (Å²) in [4.78, 5) is 41.5. The number of non-ortho nitro benzene ring substituents is 1. The fourth-order valence-electron chi connectivity index (χ4n) is 4.64. The van der Waals surface area contributed by atoms with Gasteiger partial charge in [-0.3, -0.25) is 24.7 Å². The van der Waals surface area contributed by atoms with Gasteiger partial charge in [0.1, 0.15) is 5.92 Å². The molecule has 1 aliphatic carbocycles. The lowest BCUT2D eigenvalue weighted by Gasteiger charge is -2.36. The van der Waals surface area contributed by atoms with Crippen molar-refractivity contribution in [3.05, 3.63) is 87.1 Å². The molecule has 0 N–H and O–H groups in total. The maximum Gasteiger partial charge on any atom is 0.315 e. The van der Waals surface area contributed by atoms with Gasteiger partial charge in [-0.15, -0.1) is 0 Å². The Balaban J connectivity index is 1.84.